The Kier molecular flexibility index (Phi) is 4.70. The molecule has 0 atom stereocenters. The fraction of sp³-hybridized carbons (Fsp3) is 0.167. The molecule has 0 aliphatic carbocycles. The van der Waals surface area contributed by atoms with Gasteiger partial charge >= 0.3 is 5.97 Å². The minimum Gasteiger partial charge on any atom is -0.461 e. The minimum absolute atomic E-state index is 0.00368. The number of nitrogens with zero attached hydrogens (tertiary/aromatic N) is 2. The van der Waals surface area contributed by atoms with E-state index in [-0.39, 0.29) is 30.3 Å². The lowest BCUT2D eigenvalue weighted by Gasteiger charge is -2.01. The molecule has 0 amide bonds. The first kappa shape index (κ1) is 18.0. The molecule has 2 aromatic heterocycles. The predicted octanol–water partition coefficient (Wildman–Crippen LogP) is 2.11. The Hall–Kier alpha value is -3.40. The molecule has 0 saturated carbocycles. The molecule has 28 heavy (non-hydrogen) atoms. The maximum absolute atomic E-state index is 12.0. The van der Waals surface area contributed by atoms with Gasteiger partial charge in [-0.25, -0.2) is 8.42 Å². The molecule has 1 aliphatic rings. The zero-order valence-electron chi connectivity index (χ0n) is 14.5. The average Bonchev–Trinajstić information content (AvgIpc) is 3.40. The fourth-order valence-electron chi connectivity index (χ4n) is 2.65. The molecule has 4 rings (SSSR count). The van der Waals surface area contributed by atoms with Crippen molar-refractivity contribution in [3.05, 3.63) is 60.0 Å². The van der Waals surface area contributed by atoms with E-state index in [1.165, 1.54) is 12.3 Å². The second kappa shape index (κ2) is 7.31. The summed E-state index contributed by atoms with van der Waals surface area (Å²) in [5.41, 5.74) is 0.937. The van der Waals surface area contributed by atoms with E-state index < -0.39 is 16.0 Å². The molecule has 9 nitrogen and oxygen atoms in total. The van der Waals surface area contributed by atoms with Gasteiger partial charge in [-0.2, -0.15) is 0 Å². The van der Waals surface area contributed by atoms with Crippen LogP contribution in [0.25, 0.3) is 11.5 Å². The van der Waals surface area contributed by atoms with Gasteiger partial charge in [-0.05, 0) is 24.3 Å². The topological polar surface area (TPSA) is 124 Å². The summed E-state index contributed by atoms with van der Waals surface area (Å²) in [4.78, 5) is 16.2. The number of hydrogen-bond donors (Lipinski definition) is 1. The Morgan fingerprint density at radius 1 is 1.18 bits per heavy atom. The van der Waals surface area contributed by atoms with Crippen LogP contribution in [0.15, 0.2) is 67.6 Å². The third-order valence-electron chi connectivity index (χ3n) is 3.95. The van der Waals surface area contributed by atoms with Crippen molar-refractivity contribution in [3.8, 4) is 11.5 Å². The van der Waals surface area contributed by atoms with E-state index in [0.29, 0.717) is 22.8 Å². The Morgan fingerprint density at radius 2 is 2.04 bits per heavy atom. The Balaban J connectivity index is 1.30. The van der Waals surface area contributed by atoms with E-state index in [0.717, 1.165) is 0 Å². The molecule has 3 heterocycles. The van der Waals surface area contributed by atoms with Crippen LogP contribution < -0.4 is 4.72 Å². The van der Waals surface area contributed by atoms with Gasteiger partial charge < -0.3 is 13.7 Å². The molecule has 0 bridgehead atoms. The van der Waals surface area contributed by atoms with Gasteiger partial charge in [-0.15, -0.1) is 0 Å². The monoisotopic (exact) mass is 401 g/mol. The third-order valence-corrected chi connectivity index (χ3v) is 5.35. The zero-order valence-corrected chi connectivity index (χ0v) is 15.3. The van der Waals surface area contributed by atoms with Crippen molar-refractivity contribution in [2.45, 2.75) is 17.9 Å². The van der Waals surface area contributed by atoms with Crippen molar-refractivity contribution in [2.24, 2.45) is 4.99 Å². The minimum atomic E-state index is -3.59. The number of hydrogen-bond acceptors (Lipinski definition) is 8. The maximum Gasteiger partial charge on any atom is 0.308 e. The molecular weight excluding hydrogens is 386 g/mol. The Morgan fingerprint density at radius 3 is 2.86 bits per heavy atom. The first-order chi connectivity index (χ1) is 13.5. The quantitative estimate of drug-likeness (QED) is 0.627. The highest BCUT2D eigenvalue weighted by atomic mass is 32.2. The summed E-state index contributed by atoms with van der Waals surface area (Å²) in [6, 6.07) is 11.6. The number of sulfonamides is 1. The van der Waals surface area contributed by atoms with E-state index in [2.05, 4.69) is 14.9 Å². The van der Waals surface area contributed by atoms with Crippen molar-refractivity contribution in [1.29, 1.82) is 0 Å². The second-order valence-corrected chi connectivity index (χ2v) is 7.55. The van der Waals surface area contributed by atoms with Crippen molar-refractivity contribution < 1.29 is 26.9 Å². The summed E-state index contributed by atoms with van der Waals surface area (Å²) in [6.07, 6.45) is 1.51. The molecule has 144 valence electrons. The Bertz CT molecular complexity index is 1130. The number of benzene rings is 1. The number of carbonyl (C=O) groups excluding carboxylic acids is 1. The van der Waals surface area contributed by atoms with Gasteiger partial charge in [0.2, 0.25) is 5.76 Å². The summed E-state index contributed by atoms with van der Waals surface area (Å²) in [6.45, 7) is 0.0383. The van der Waals surface area contributed by atoms with Crippen molar-refractivity contribution >= 4 is 21.8 Å². The molecule has 0 radical (unpaired) electrons. The summed E-state index contributed by atoms with van der Waals surface area (Å²) < 4.78 is 41.8. The lowest BCUT2D eigenvalue weighted by molar-refractivity contribution is -0.144. The lowest BCUT2D eigenvalue weighted by atomic mass is 10.2. The SMILES string of the molecule is O=C(CCN=C1NS(=O)(=O)c2ccccc21)OCc1cc(-c2ccco2)on1. The number of aromatic nitrogens is 1. The first-order valence-electron chi connectivity index (χ1n) is 8.35. The summed E-state index contributed by atoms with van der Waals surface area (Å²) in [5.74, 6) is 0.707. The van der Waals surface area contributed by atoms with E-state index >= 15 is 0 Å². The van der Waals surface area contributed by atoms with Gasteiger partial charge in [0.05, 0.1) is 24.1 Å². The molecule has 1 N–H and O–H groups in total. The van der Waals surface area contributed by atoms with E-state index in [1.807, 2.05) is 0 Å². The molecule has 3 aromatic rings. The zero-order chi connectivity index (χ0) is 19.6. The van der Waals surface area contributed by atoms with Crippen LogP contribution in [0.1, 0.15) is 17.7 Å². The number of esters is 1. The fourth-order valence-corrected chi connectivity index (χ4v) is 3.90. The molecule has 0 saturated heterocycles. The number of furan rings is 1. The van der Waals surface area contributed by atoms with E-state index in [4.69, 9.17) is 13.7 Å². The average molecular weight is 401 g/mol. The summed E-state index contributed by atoms with van der Waals surface area (Å²) in [7, 11) is -3.59. The van der Waals surface area contributed by atoms with Crippen LogP contribution in [0.4, 0.5) is 0 Å². The van der Waals surface area contributed by atoms with Crippen LogP contribution in [-0.4, -0.2) is 31.9 Å². The highest BCUT2D eigenvalue weighted by molar-refractivity contribution is 7.90. The maximum atomic E-state index is 12.0. The third kappa shape index (κ3) is 3.67. The number of aliphatic imine (C=N–C) groups is 1. The van der Waals surface area contributed by atoms with Crippen LogP contribution in [0.3, 0.4) is 0 Å². The number of ether oxygens (including phenoxy) is 1. The molecule has 1 aliphatic heterocycles. The van der Waals surface area contributed by atoms with Crippen molar-refractivity contribution in [2.75, 3.05) is 6.54 Å². The lowest BCUT2D eigenvalue weighted by Crippen LogP contribution is -2.22. The Labute approximate surface area is 160 Å². The van der Waals surface area contributed by atoms with E-state index in [9.17, 15) is 13.2 Å². The molecule has 10 heteroatoms. The molecule has 0 unspecified atom stereocenters. The van der Waals surface area contributed by atoms with Gasteiger partial charge in [0, 0.05) is 11.6 Å². The molecule has 0 spiro atoms. The van der Waals surface area contributed by atoms with Crippen LogP contribution in [0, 0.1) is 0 Å². The summed E-state index contributed by atoms with van der Waals surface area (Å²) in [5, 5.41) is 3.81. The molecule has 0 fully saturated rings. The first-order valence-corrected chi connectivity index (χ1v) is 9.83. The number of nitrogens with one attached hydrogen (secondary N) is 1. The van der Waals surface area contributed by atoms with Crippen LogP contribution in [0.2, 0.25) is 0 Å². The smallest absolute Gasteiger partial charge is 0.308 e. The standard InChI is InChI=1S/C18H15N3O6S/c22-17(26-11-12-10-15(27-20-12)14-5-3-9-25-14)7-8-19-18-13-4-1-2-6-16(13)28(23,24)21-18/h1-6,9-10H,7-8,11H2,(H,19,21). The second-order valence-electron chi connectivity index (χ2n) is 5.90. The number of carbonyl (C=O) groups is 1. The highest BCUT2D eigenvalue weighted by Gasteiger charge is 2.29. The normalized spacial score (nSPS) is 15.9. The largest absolute Gasteiger partial charge is 0.461 e. The van der Waals surface area contributed by atoms with Crippen molar-refractivity contribution in [3.63, 3.8) is 0 Å². The summed E-state index contributed by atoms with van der Waals surface area (Å²) >= 11 is 0. The van der Waals surface area contributed by atoms with Gasteiger partial charge in [0.15, 0.2) is 5.76 Å². The number of fused-ring (bicyclic) bond motifs is 1. The van der Waals surface area contributed by atoms with Crippen LogP contribution in [-0.2, 0) is 26.2 Å². The highest BCUT2D eigenvalue weighted by Crippen LogP contribution is 2.22. The molecule has 1 aromatic carbocycles. The van der Waals surface area contributed by atoms with Crippen LogP contribution >= 0.6 is 0 Å². The van der Waals surface area contributed by atoms with Gasteiger partial charge in [-0.1, -0.05) is 17.3 Å². The van der Waals surface area contributed by atoms with Gasteiger partial charge in [-0.3, -0.25) is 14.5 Å². The predicted molar refractivity (Wildman–Crippen MR) is 96.8 cm³/mol. The number of amidine groups is 1. The number of rotatable bonds is 6. The van der Waals surface area contributed by atoms with Crippen molar-refractivity contribution in [1.82, 2.24) is 9.88 Å². The van der Waals surface area contributed by atoms with Gasteiger partial charge in [0.25, 0.3) is 10.0 Å². The van der Waals surface area contributed by atoms with Gasteiger partial charge in [0.1, 0.15) is 18.1 Å². The van der Waals surface area contributed by atoms with Crippen LogP contribution in [0.5, 0.6) is 0 Å². The molecular formula is C18H15N3O6S. The van der Waals surface area contributed by atoms with E-state index in [1.54, 1.807) is 36.4 Å².